The summed E-state index contributed by atoms with van der Waals surface area (Å²) in [6, 6.07) is 10.0. The van der Waals surface area contributed by atoms with Gasteiger partial charge in [0.2, 0.25) is 0 Å². The minimum absolute atomic E-state index is 0.774. The van der Waals surface area contributed by atoms with E-state index in [9.17, 15) is 0 Å². The monoisotopic (exact) mass is 307 g/mol. The van der Waals surface area contributed by atoms with E-state index in [1.54, 1.807) is 20.4 Å². The number of aryl methyl sites for hydroxylation is 1. The minimum atomic E-state index is 0.774. The van der Waals surface area contributed by atoms with E-state index in [0.29, 0.717) is 0 Å². The van der Waals surface area contributed by atoms with Crippen LogP contribution in [0.4, 0.5) is 0 Å². The van der Waals surface area contributed by atoms with Gasteiger partial charge in [0.15, 0.2) is 0 Å². The van der Waals surface area contributed by atoms with E-state index in [-0.39, 0.29) is 0 Å². The number of aromatic nitrogens is 3. The molecular weight excluding hydrogens is 290 g/mol. The molecule has 0 atom stereocenters. The summed E-state index contributed by atoms with van der Waals surface area (Å²) in [6.45, 7) is 0. The third-order valence-corrected chi connectivity index (χ3v) is 4.15. The first-order valence-electron chi connectivity index (χ1n) is 7.36. The molecule has 0 fully saturated rings. The third-order valence-electron chi connectivity index (χ3n) is 4.15. The first kappa shape index (κ1) is 13.7. The zero-order chi connectivity index (χ0) is 16.0. The predicted molar refractivity (Wildman–Crippen MR) is 91.1 cm³/mol. The molecule has 0 radical (unpaired) electrons. The van der Waals surface area contributed by atoms with Crippen LogP contribution in [0.3, 0.4) is 0 Å². The Morgan fingerprint density at radius 3 is 2.74 bits per heavy atom. The second-order valence-electron chi connectivity index (χ2n) is 5.50. The standard InChI is InChI=1S/C18H17N3O2/c1-21-10-14(15-7-11-5-4-6-19-18(11)20-15)13-8-12(22-2)9-16(23-3)17(13)21/h4-10H,1-3H3,(H,19,20). The van der Waals surface area contributed by atoms with Crippen molar-refractivity contribution in [1.82, 2.24) is 14.5 Å². The van der Waals surface area contributed by atoms with E-state index in [1.807, 2.05) is 25.2 Å². The van der Waals surface area contributed by atoms with Crippen molar-refractivity contribution in [2.24, 2.45) is 7.05 Å². The number of benzene rings is 1. The molecule has 3 aromatic heterocycles. The molecule has 0 saturated heterocycles. The van der Waals surface area contributed by atoms with E-state index in [0.717, 1.165) is 44.7 Å². The molecule has 4 aromatic rings. The zero-order valence-corrected chi connectivity index (χ0v) is 13.3. The number of H-pyrrole nitrogens is 1. The highest BCUT2D eigenvalue weighted by Crippen LogP contribution is 2.38. The zero-order valence-electron chi connectivity index (χ0n) is 13.3. The highest BCUT2D eigenvalue weighted by Gasteiger charge is 2.16. The van der Waals surface area contributed by atoms with Gasteiger partial charge < -0.3 is 19.0 Å². The van der Waals surface area contributed by atoms with E-state index in [4.69, 9.17) is 9.47 Å². The van der Waals surface area contributed by atoms with Crippen LogP contribution in [-0.4, -0.2) is 28.8 Å². The first-order valence-corrected chi connectivity index (χ1v) is 7.36. The van der Waals surface area contributed by atoms with Crippen molar-refractivity contribution in [3.05, 3.63) is 42.7 Å². The average Bonchev–Trinajstić information content (AvgIpc) is 3.15. The fourth-order valence-corrected chi connectivity index (χ4v) is 3.07. The van der Waals surface area contributed by atoms with E-state index < -0.39 is 0 Å². The fraction of sp³-hybridized carbons (Fsp3) is 0.167. The quantitative estimate of drug-likeness (QED) is 0.627. The van der Waals surface area contributed by atoms with Crippen LogP contribution in [0.2, 0.25) is 0 Å². The summed E-state index contributed by atoms with van der Waals surface area (Å²) in [5.74, 6) is 1.57. The lowest BCUT2D eigenvalue weighted by Crippen LogP contribution is -1.92. The molecule has 0 aliphatic carbocycles. The van der Waals surface area contributed by atoms with Gasteiger partial charge in [-0.05, 0) is 24.3 Å². The lowest BCUT2D eigenvalue weighted by molar-refractivity contribution is 0.397. The number of fused-ring (bicyclic) bond motifs is 2. The number of nitrogens with one attached hydrogen (secondary N) is 1. The lowest BCUT2D eigenvalue weighted by Gasteiger charge is -2.08. The number of pyridine rings is 1. The number of hydrogen-bond donors (Lipinski definition) is 1. The summed E-state index contributed by atoms with van der Waals surface area (Å²) in [5, 5.41) is 2.17. The molecule has 23 heavy (non-hydrogen) atoms. The van der Waals surface area contributed by atoms with E-state index >= 15 is 0 Å². The van der Waals surface area contributed by atoms with Gasteiger partial charge in [-0.15, -0.1) is 0 Å². The Labute approximate surface area is 133 Å². The number of nitrogens with zero attached hydrogens (tertiary/aromatic N) is 2. The molecular formula is C18H17N3O2. The van der Waals surface area contributed by atoms with Gasteiger partial charge in [0.1, 0.15) is 17.1 Å². The molecule has 0 aliphatic heterocycles. The van der Waals surface area contributed by atoms with Crippen molar-refractivity contribution in [2.45, 2.75) is 0 Å². The molecule has 4 rings (SSSR count). The van der Waals surface area contributed by atoms with Crippen LogP contribution < -0.4 is 9.47 Å². The summed E-state index contributed by atoms with van der Waals surface area (Å²) in [4.78, 5) is 7.76. The number of hydrogen-bond acceptors (Lipinski definition) is 3. The Hall–Kier alpha value is -2.95. The van der Waals surface area contributed by atoms with Crippen molar-refractivity contribution in [1.29, 1.82) is 0 Å². The highest BCUT2D eigenvalue weighted by atomic mass is 16.5. The van der Waals surface area contributed by atoms with Crippen LogP contribution in [-0.2, 0) is 7.05 Å². The van der Waals surface area contributed by atoms with E-state index in [2.05, 4.69) is 32.9 Å². The molecule has 1 N–H and O–H groups in total. The van der Waals surface area contributed by atoms with E-state index in [1.165, 1.54) is 0 Å². The lowest BCUT2D eigenvalue weighted by atomic mass is 10.1. The second kappa shape index (κ2) is 5.05. The van der Waals surface area contributed by atoms with Crippen LogP contribution >= 0.6 is 0 Å². The topological polar surface area (TPSA) is 52.1 Å². The Kier molecular flexibility index (Phi) is 3.01. The van der Waals surface area contributed by atoms with Gasteiger partial charge in [-0.3, -0.25) is 0 Å². The fourth-order valence-electron chi connectivity index (χ4n) is 3.07. The number of aromatic amines is 1. The van der Waals surface area contributed by atoms with Crippen LogP contribution in [0.1, 0.15) is 0 Å². The van der Waals surface area contributed by atoms with Gasteiger partial charge in [-0.1, -0.05) is 0 Å². The van der Waals surface area contributed by atoms with Gasteiger partial charge in [0, 0.05) is 47.5 Å². The second-order valence-corrected chi connectivity index (χ2v) is 5.50. The summed E-state index contributed by atoms with van der Waals surface area (Å²) >= 11 is 0. The first-order chi connectivity index (χ1) is 11.2. The Morgan fingerprint density at radius 2 is 2.00 bits per heavy atom. The molecule has 1 aromatic carbocycles. The molecule has 0 saturated carbocycles. The maximum Gasteiger partial charge on any atom is 0.146 e. The van der Waals surface area contributed by atoms with Gasteiger partial charge in [-0.2, -0.15) is 0 Å². The number of ether oxygens (including phenoxy) is 2. The molecule has 3 heterocycles. The maximum absolute atomic E-state index is 5.54. The molecule has 0 aliphatic rings. The minimum Gasteiger partial charge on any atom is -0.497 e. The van der Waals surface area contributed by atoms with Crippen molar-refractivity contribution in [2.75, 3.05) is 14.2 Å². The van der Waals surface area contributed by atoms with Crippen molar-refractivity contribution >= 4 is 21.9 Å². The Bertz CT molecular complexity index is 981. The van der Waals surface area contributed by atoms with Crippen LogP contribution in [0.15, 0.2) is 42.7 Å². The summed E-state index contributed by atoms with van der Waals surface area (Å²) in [7, 11) is 5.35. The Balaban J connectivity index is 2.03. The van der Waals surface area contributed by atoms with Crippen LogP contribution in [0.5, 0.6) is 11.5 Å². The third kappa shape index (κ3) is 2.04. The highest BCUT2D eigenvalue weighted by molar-refractivity contribution is 6.01. The van der Waals surface area contributed by atoms with Crippen LogP contribution in [0, 0.1) is 0 Å². The van der Waals surface area contributed by atoms with Gasteiger partial charge >= 0.3 is 0 Å². The number of methoxy groups -OCH3 is 2. The smallest absolute Gasteiger partial charge is 0.146 e. The number of rotatable bonds is 3. The summed E-state index contributed by atoms with van der Waals surface area (Å²) in [6.07, 6.45) is 3.88. The van der Waals surface area contributed by atoms with Crippen LogP contribution in [0.25, 0.3) is 33.2 Å². The molecule has 0 unspecified atom stereocenters. The molecule has 5 nitrogen and oxygen atoms in total. The largest absolute Gasteiger partial charge is 0.497 e. The molecule has 0 bridgehead atoms. The Morgan fingerprint density at radius 1 is 1.13 bits per heavy atom. The van der Waals surface area contributed by atoms with Gasteiger partial charge in [0.25, 0.3) is 0 Å². The maximum atomic E-state index is 5.54. The molecule has 0 spiro atoms. The molecule has 0 amide bonds. The molecule has 5 heteroatoms. The normalized spacial score (nSPS) is 11.3. The van der Waals surface area contributed by atoms with Crippen molar-refractivity contribution < 1.29 is 9.47 Å². The van der Waals surface area contributed by atoms with Gasteiger partial charge in [-0.25, -0.2) is 4.98 Å². The van der Waals surface area contributed by atoms with Gasteiger partial charge in [0.05, 0.1) is 19.7 Å². The van der Waals surface area contributed by atoms with Crippen molar-refractivity contribution in [3.8, 4) is 22.8 Å². The molecule has 116 valence electrons. The predicted octanol–water partition coefficient (Wildman–Crippen LogP) is 3.74. The van der Waals surface area contributed by atoms with Crippen molar-refractivity contribution in [3.63, 3.8) is 0 Å². The summed E-state index contributed by atoms with van der Waals surface area (Å²) < 4.78 is 13.0. The SMILES string of the molecule is COc1cc(OC)c2c(c1)c(-c1cc3cccnc3[nH]1)cn2C. The summed E-state index contributed by atoms with van der Waals surface area (Å²) in [5.41, 5.74) is 4.04. The average molecular weight is 307 g/mol.